The molecule has 1 rings (SSSR count). The molecule has 0 unspecified atom stereocenters. The normalized spacial score (nSPS) is 11.9. The maximum Gasteiger partial charge on any atom is 0.340 e. The lowest BCUT2D eigenvalue weighted by molar-refractivity contribution is -0.117. The molecule has 1 aromatic rings. The van der Waals surface area contributed by atoms with Crippen molar-refractivity contribution in [1.29, 1.82) is 0 Å². The Morgan fingerprint density at radius 2 is 2.05 bits per heavy atom. The Labute approximate surface area is 125 Å². The minimum atomic E-state index is -1.07. The van der Waals surface area contributed by atoms with Crippen molar-refractivity contribution in [3.63, 3.8) is 0 Å². The molecule has 0 heterocycles. The van der Waals surface area contributed by atoms with Crippen LogP contribution in [0.1, 0.15) is 16.8 Å². The third-order valence-electron chi connectivity index (χ3n) is 2.69. The standard InChI is InChI=1S/C13H16F2N2O3S/c1-20-13(19)7-5-11(9(15)6-8(7)14)17-12(18)10(16)3-4-21-2/h5-6,10H,3-4,16H2,1-2H3,(H,17,18)/t10-/m1/s1. The number of hydrogen-bond acceptors (Lipinski definition) is 5. The SMILES string of the molecule is COC(=O)c1cc(NC(=O)[C@H](N)CCSC)c(F)cc1F. The molecule has 0 aliphatic heterocycles. The Kier molecular flexibility index (Phi) is 6.57. The highest BCUT2D eigenvalue weighted by atomic mass is 32.2. The van der Waals surface area contributed by atoms with E-state index >= 15 is 0 Å². The zero-order chi connectivity index (χ0) is 16.0. The smallest absolute Gasteiger partial charge is 0.340 e. The van der Waals surface area contributed by atoms with Crippen molar-refractivity contribution >= 4 is 29.3 Å². The highest BCUT2D eigenvalue weighted by Crippen LogP contribution is 2.20. The lowest BCUT2D eigenvalue weighted by atomic mass is 10.1. The molecule has 0 spiro atoms. The maximum absolute atomic E-state index is 13.6. The number of rotatable bonds is 6. The quantitative estimate of drug-likeness (QED) is 0.781. The van der Waals surface area contributed by atoms with Crippen molar-refractivity contribution in [2.24, 2.45) is 5.73 Å². The average molecular weight is 318 g/mol. The molecule has 0 fully saturated rings. The molecule has 1 atom stereocenters. The predicted octanol–water partition coefficient (Wildman–Crippen LogP) is 1.77. The largest absolute Gasteiger partial charge is 0.465 e. The molecule has 3 N–H and O–H groups in total. The van der Waals surface area contributed by atoms with E-state index in [1.165, 1.54) is 11.8 Å². The predicted molar refractivity (Wildman–Crippen MR) is 77.3 cm³/mol. The first-order valence-electron chi connectivity index (χ1n) is 6.03. The number of esters is 1. The molecule has 0 bridgehead atoms. The van der Waals surface area contributed by atoms with E-state index in [2.05, 4.69) is 10.1 Å². The fraction of sp³-hybridized carbons (Fsp3) is 0.385. The highest BCUT2D eigenvalue weighted by Gasteiger charge is 2.20. The summed E-state index contributed by atoms with van der Waals surface area (Å²) >= 11 is 1.52. The van der Waals surface area contributed by atoms with Gasteiger partial charge in [-0.3, -0.25) is 4.79 Å². The summed E-state index contributed by atoms with van der Waals surface area (Å²) in [4.78, 5) is 23.1. The Morgan fingerprint density at radius 3 is 2.62 bits per heavy atom. The summed E-state index contributed by atoms with van der Waals surface area (Å²) in [5.74, 6) is -2.96. The van der Waals surface area contributed by atoms with Crippen LogP contribution in [-0.4, -0.2) is 37.0 Å². The molecule has 1 aromatic carbocycles. The Morgan fingerprint density at radius 1 is 1.38 bits per heavy atom. The molecule has 1 amide bonds. The van der Waals surface area contributed by atoms with E-state index in [-0.39, 0.29) is 5.69 Å². The summed E-state index contributed by atoms with van der Waals surface area (Å²) in [5, 5.41) is 2.24. The lowest BCUT2D eigenvalue weighted by Crippen LogP contribution is -2.36. The van der Waals surface area contributed by atoms with Crippen LogP contribution in [0.5, 0.6) is 0 Å². The molecular formula is C13H16F2N2O3S. The number of nitrogens with two attached hydrogens (primary N) is 1. The Hall–Kier alpha value is -1.67. The van der Waals surface area contributed by atoms with Crippen LogP contribution in [0.25, 0.3) is 0 Å². The fourth-order valence-corrected chi connectivity index (χ4v) is 2.00. The van der Waals surface area contributed by atoms with Gasteiger partial charge < -0.3 is 15.8 Å². The molecule has 5 nitrogen and oxygen atoms in total. The van der Waals surface area contributed by atoms with Crippen LogP contribution in [0.4, 0.5) is 14.5 Å². The number of thioether (sulfide) groups is 1. The summed E-state index contributed by atoms with van der Waals surface area (Å²) in [6.45, 7) is 0. The number of hydrogen-bond donors (Lipinski definition) is 2. The first kappa shape index (κ1) is 17.4. The third-order valence-corrected chi connectivity index (χ3v) is 3.33. The van der Waals surface area contributed by atoms with Gasteiger partial charge in [-0.25, -0.2) is 13.6 Å². The first-order chi connectivity index (χ1) is 9.90. The lowest BCUT2D eigenvalue weighted by Gasteiger charge is -2.13. The van der Waals surface area contributed by atoms with Crippen LogP contribution >= 0.6 is 11.8 Å². The number of carbonyl (C=O) groups is 2. The Balaban J connectivity index is 2.92. The maximum atomic E-state index is 13.6. The van der Waals surface area contributed by atoms with Crippen LogP contribution < -0.4 is 11.1 Å². The van der Waals surface area contributed by atoms with E-state index in [1.54, 1.807) is 0 Å². The van der Waals surface area contributed by atoms with Crippen LogP contribution in [0.3, 0.4) is 0 Å². The van der Waals surface area contributed by atoms with Gasteiger partial charge in [-0.15, -0.1) is 0 Å². The van der Waals surface area contributed by atoms with Crippen molar-refractivity contribution in [3.8, 4) is 0 Å². The van der Waals surface area contributed by atoms with Gasteiger partial charge in [-0.05, 0) is 24.5 Å². The molecule has 0 aliphatic rings. The van der Waals surface area contributed by atoms with Gasteiger partial charge in [0.25, 0.3) is 0 Å². The minimum Gasteiger partial charge on any atom is -0.465 e. The number of benzene rings is 1. The van der Waals surface area contributed by atoms with Gasteiger partial charge in [0.15, 0.2) is 0 Å². The summed E-state index contributed by atoms with van der Waals surface area (Å²) in [6.07, 6.45) is 2.28. The van der Waals surface area contributed by atoms with Crippen molar-refractivity contribution < 1.29 is 23.1 Å². The van der Waals surface area contributed by atoms with Gasteiger partial charge in [-0.2, -0.15) is 11.8 Å². The van der Waals surface area contributed by atoms with E-state index in [0.717, 1.165) is 13.2 Å². The van der Waals surface area contributed by atoms with Crippen LogP contribution in [-0.2, 0) is 9.53 Å². The molecule has 0 saturated carbocycles. The molecule has 21 heavy (non-hydrogen) atoms. The van der Waals surface area contributed by atoms with Crippen molar-refractivity contribution in [2.75, 3.05) is 24.4 Å². The zero-order valence-corrected chi connectivity index (χ0v) is 12.4. The number of amides is 1. The van der Waals surface area contributed by atoms with Crippen LogP contribution in [0, 0.1) is 11.6 Å². The summed E-state index contributed by atoms with van der Waals surface area (Å²) in [5.41, 5.74) is 4.86. The number of methoxy groups -OCH3 is 1. The van der Waals surface area contributed by atoms with Crippen LogP contribution in [0.15, 0.2) is 12.1 Å². The highest BCUT2D eigenvalue weighted by molar-refractivity contribution is 7.98. The summed E-state index contributed by atoms with van der Waals surface area (Å²) < 4.78 is 31.4. The monoisotopic (exact) mass is 318 g/mol. The molecule has 0 saturated heterocycles. The number of carbonyl (C=O) groups excluding carboxylic acids is 2. The zero-order valence-electron chi connectivity index (χ0n) is 11.6. The molecule has 0 radical (unpaired) electrons. The van der Waals surface area contributed by atoms with Gasteiger partial charge in [-0.1, -0.05) is 0 Å². The first-order valence-corrected chi connectivity index (χ1v) is 7.42. The molecule has 8 heteroatoms. The van der Waals surface area contributed by atoms with Crippen molar-refractivity contribution in [1.82, 2.24) is 0 Å². The van der Waals surface area contributed by atoms with Gasteiger partial charge in [0, 0.05) is 6.07 Å². The molecule has 0 aliphatic carbocycles. The van der Waals surface area contributed by atoms with E-state index < -0.39 is 35.1 Å². The number of ether oxygens (including phenoxy) is 1. The van der Waals surface area contributed by atoms with Gasteiger partial charge in [0.05, 0.1) is 24.4 Å². The number of anilines is 1. The van der Waals surface area contributed by atoms with E-state index in [4.69, 9.17) is 5.73 Å². The number of nitrogens with one attached hydrogen (secondary N) is 1. The van der Waals surface area contributed by atoms with Crippen LogP contribution in [0.2, 0.25) is 0 Å². The van der Waals surface area contributed by atoms with Crippen molar-refractivity contribution in [2.45, 2.75) is 12.5 Å². The average Bonchev–Trinajstić information content (AvgIpc) is 2.46. The molecular weight excluding hydrogens is 302 g/mol. The van der Waals surface area contributed by atoms with Gasteiger partial charge in [0.2, 0.25) is 5.91 Å². The topological polar surface area (TPSA) is 81.4 Å². The van der Waals surface area contributed by atoms with E-state index in [9.17, 15) is 18.4 Å². The van der Waals surface area contributed by atoms with E-state index in [1.807, 2.05) is 6.26 Å². The fourth-order valence-electron chi connectivity index (χ4n) is 1.51. The summed E-state index contributed by atoms with van der Waals surface area (Å²) in [7, 11) is 1.07. The second-order valence-electron chi connectivity index (χ2n) is 4.18. The second kappa shape index (κ2) is 7.94. The minimum absolute atomic E-state index is 0.318. The number of halogens is 2. The molecule has 0 aromatic heterocycles. The van der Waals surface area contributed by atoms with Crippen molar-refractivity contribution in [3.05, 3.63) is 29.3 Å². The van der Waals surface area contributed by atoms with E-state index in [0.29, 0.717) is 18.2 Å². The third kappa shape index (κ3) is 4.68. The molecule has 116 valence electrons. The van der Waals surface area contributed by atoms with Gasteiger partial charge >= 0.3 is 5.97 Å². The Bertz CT molecular complexity index is 540. The summed E-state index contributed by atoms with van der Waals surface area (Å²) in [6, 6.07) is 0.578. The van der Waals surface area contributed by atoms with Gasteiger partial charge in [0.1, 0.15) is 11.6 Å². The second-order valence-corrected chi connectivity index (χ2v) is 5.17.